The number of benzene rings is 1. The summed E-state index contributed by atoms with van der Waals surface area (Å²) >= 11 is 0. The number of nitrogens with zero attached hydrogens (tertiary/aromatic N) is 1. The zero-order valence-electron chi connectivity index (χ0n) is 6.90. The first-order valence-electron chi connectivity index (χ1n) is 4.17. The van der Waals surface area contributed by atoms with Gasteiger partial charge >= 0.3 is 0 Å². The van der Waals surface area contributed by atoms with Gasteiger partial charge in [-0.15, -0.1) is 0 Å². The van der Waals surface area contributed by atoms with Crippen LogP contribution in [0.25, 0.3) is 0 Å². The van der Waals surface area contributed by atoms with Gasteiger partial charge in [-0.2, -0.15) is 0 Å². The Morgan fingerprint density at radius 1 is 1.17 bits per heavy atom. The molecular weight excluding hydrogens is 148 g/mol. The predicted octanol–water partition coefficient (Wildman–Crippen LogP) is 2.04. The molecule has 12 heavy (non-hydrogen) atoms. The molecule has 0 bridgehead atoms. The number of nitrogens with two attached hydrogens (primary N) is 1. The third kappa shape index (κ3) is 1.21. The van der Waals surface area contributed by atoms with E-state index in [0.29, 0.717) is 0 Å². The van der Waals surface area contributed by atoms with E-state index in [1.54, 1.807) is 5.01 Å². The molecule has 2 heteroatoms. The molecule has 0 saturated carbocycles. The van der Waals surface area contributed by atoms with Gasteiger partial charge < -0.3 is 0 Å². The summed E-state index contributed by atoms with van der Waals surface area (Å²) in [7, 11) is 0. The quantitative estimate of drug-likeness (QED) is 0.530. The first-order valence-corrected chi connectivity index (χ1v) is 4.17. The largest absolute Gasteiger partial charge is 0.284 e. The molecule has 0 amide bonds. The van der Waals surface area contributed by atoms with Crippen molar-refractivity contribution in [2.45, 2.75) is 12.8 Å². The lowest BCUT2D eigenvalue weighted by Gasteiger charge is -2.26. The van der Waals surface area contributed by atoms with Gasteiger partial charge in [0.15, 0.2) is 0 Å². The molecule has 1 aliphatic carbocycles. The number of hydrogen-bond acceptors (Lipinski definition) is 2. The molecule has 1 aromatic rings. The minimum atomic E-state index is 1.06. The normalized spacial score (nSPS) is 14.9. The van der Waals surface area contributed by atoms with Gasteiger partial charge in [0.2, 0.25) is 0 Å². The van der Waals surface area contributed by atoms with Crippen molar-refractivity contribution >= 4 is 5.69 Å². The number of hydrazine groups is 1. The first kappa shape index (κ1) is 7.37. The van der Waals surface area contributed by atoms with Crippen LogP contribution < -0.4 is 10.9 Å². The lowest BCUT2D eigenvalue weighted by molar-refractivity contribution is 0.791. The second kappa shape index (κ2) is 2.99. The average molecular weight is 160 g/mol. The smallest absolute Gasteiger partial charge is 0.0571 e. The highest BCUT2D eigenvalue weighted by Crippen LogP contribution is 2.24. The Kier molecular flexibility index (Phi) is 1.84. The van der Waals surface area contributed by atoms with E-state index in [2.05, 4.69) is 6.08 Å². The van der Waals surface area contributed by atoms with Crippen LogP contribution in [0.1, 0.15) is 12.8 Å². The van der Waals surface area contributed by atoms with Crippen LogP contribution in [-0.2, 0) is 0 Å². The summed E-state index contributed by atoms with van der Waals surface area (Å²) in [6.07, 6.45) is 4.42. The Hall–Kier alpha value is -1.28. The molecule has 2 rings (SSSR count). The lowest BCUT2D eigenvalue weighted by Crippen LogP contribution is -2.32. The highest BCUT2D eigenvalue weighted by Gasteiger charge is 2.11. The van der Waals surface area contributed by atoms with Crippen LogP contribution >= 0.6 is 0 Å². The summed E-state index contributed by atoms with van der Waals surface area (Å²) in [5.41, 5.74) is 2.28. The van der Waals surface area contributed by atoms with Gasteiger partial charge in [-0.05, 0) is 25.0 Å². The molecule has 62 valence electrons. The molecule has 0 aliphatic heterocycles. The Morgan fingerprint density at radius 2 is 1.83 bits per heavy atom. The van der Waals surface area contributed by atoms with Crippen molar-refractivity contribution in [3.05, 3.63) is 42.1 Å². The monoisotopic (exact) mass is 160 g/mol. The summed E-state index contributed by atoms with van der Waals surface area (Å²) < 4.78 is 0. The molecule has 0 spiro atoms. The maximum Gasteiger partial charge on any atom is 0.0571 e. The summed E-state index contributed by atoms with van der Waals surface area (Å²) in [6.45, 7) is 0. The molecule has 0 radical (unpaired) electrons. The lowest BCUT2D eigenvalue weighted by atomic mass is 10.1. The van der Waals surface area contributed by atoms with E-state index in [4.69, 9.17) is 5.84 Å². The molecule has 0 fully saturated rings. The van der Waals surface area contributed by atoms with Crippen molar-refractivity contribution < 1.29 is 0 Å². The zero-order chi connectivity index (χ0) is 8.39. The second-order valence-corrected chi connectivity index (χ2v) is 2.94. The van der Waals surface area contributed by atoms with Gasteiger partial charge in [-0.25, -0.2) is 5.84 Å². The first-order chi connectivity index (χ1) is 5.88. The van der Waals surface area contributed by atoms with E-state index in [1.807, 2.05) is 30.3 Å². The van der Waals surface area contributed by atoms with Gasteiger partial charge in [0.05, 0.1) is 5.69 Å². The SMILES string of the molecule is NN(C1=CCC1)c1ccccc1. The van der Waals surface area contributed by atoms with Crippen LogP contribution in [0.4, 0.5) is 5.69 Å². The van der Waals surface area contributed by atoms with E-state index in [0.717, 1.165) is 18.5 Å². The van der Waals surface area contributed by atoms with Crippen LogP contribution in [0.5, 0.6) is 0 Å². The summed E-state index contributed by atoms with van der Waals surface area (Å²) in [6, 6.07) is 10.0. The Morgan fingerprint density at radius 3 is 2.33 bits per heavy atom. The van der Waals surface area contributed by atoms with Crippen LogP contribution in [0.2, 0.25) is 0 Å². The molecule has 1 aliphatic rings. The highest BCUT2D eigenvalue weighted by molar-refractivity contribution is 5.51. The van der Waals surface area contributed by atoms with Gasteiger partial charge in [0.1, 0.15) is 0 Å². The van der Waals surface area contributed by atoms with E-state index < -0.39 is 0 Å². The molecule has 0 aromatic heterocycles. The van der Waals surface area contributed by atoms with Crippen molar-refractivity contribution in [1.82, 2.24) is 0 Å². The number of allylic oxidation sites excluding steroid dienone is 2. The second-order valence-electron chi connectivity index (χ2n) is 2.94. The minimum absolute atomic E-state index is 1.06. The van der Waals surface area contributed by atoms with Crippen LogP contribution in [0.3, 0.4) is 0 Å². The molecule has 2 nitrogen and oxygen atoms in total. The van der Waals surface area contributed by atoms with Crippen LogP contribution in [0, 0.1) is 0 Å². The number of rotatable bonds is 2. The van der Waals surface area contributed by atoms with E-state index in [9.17, 15) is 0 Å². The van der Waals surface area contributed by atoms with Gasteiger partial charge in [-0.1, -0.05) is 24.3 Å². The van der Waals surface area contributed by atoms with Gasteiger partial charge in [0.25, 0.3) is 0 Å². The summed E-state index contributed by atoms with van der Waals surface area (Å²) in [4.78, 5) is 0. The highest BCUT2D eigenvalue weighted by atomic mass is 15.4. The summed E-state index contributed by atoms with van der Waals surface area (Å²) in [5.74, 6) is 5.87. The minimum Gasteiger partial charge on any atom is -0.284 e. The fourth-order valence-corrected chi connectivity index (χ4v) is 1.25. The van der Waals surface area contributed by atoms with Crippen LogP contribution in [-0.4, -0.2) is 0 Å². The molecule has 1 aromatic carbocycles. The van der Waals surface area contributed by atoms with E-state index >= 15 is 0 Å². The van der Waals surface area contributed by atoms with Crippen LogP contribution in [0.15, 0.2) is 42.1 Å². The molecular formula is C10H12N2. The molecule has 0 heterocycles. The van der Waals surface area contributed by atoms with Crippen molar-refractivity contribution in [1.29, 1.82) is 0 Å². The maximum atomic E-state index is 5.87. The Balaban J connectivity index is 2.19. The van der Waals surface area contributed by atoms with Crippen molar-refractivity contribution in [2.24, 2.45) is 5.84 Å². The van der Waals surface area contributed by atoms with E-state index in [1.165, 1.54) is 5.70 Å². The fraction of sp³-hybridized carbons (Fsp3) is 0.200. The predicted molar refractivity (Wildman–Crippen MR) is 50.4 cm³/mol. The van der Waals surface area contributed by atoms with Gasteiger partial charge in [-0.3, -0.25) is 5.01 Å². The standard InChI is InChI=1S/C10H12N2/c11-12(10-7-4-8-10)9-5-2-1-3-6-9/h1-3,5-7H,4,8,11H2. The van der Waals surface area contributed by atoms with Crippen molar-refractivity contribution in [2.75, 3.05) is 5.01 Å². The third-order valence-electron chi connectivity index (χ3n) is 2.12. The average Bonchev–Trinajstić information content (AvgIpc) is 2.03. The van der Waals surface area contributed by atoms with E-state index in [-0.39, 0.29) is 0 Å². The maximum absolute atomic E-state index is 5.87. The molecule has 0 atom stereocenters. The van der Waals surface area contributed by atoms with Crippen molar-refractivity contribution in [3.8, 4) is 0 Å². The number of para-hydroxylation sites is 1. The summed E-state index contributed by atoms with van der Waals surface area (Å²) in [5, 5.41) is 1.75. The molecule has 2 N–H and O–H groups in total. The fourth-order valence-electron chi connectivity index (χ4n) is 1.25. The third-order valence-corrected chi connectivity index (χ3v) is 2.12. The number of hydrogen-bond donors (Lipinski definition) is 1. The zero-order valence-corrected chi connectivity index (χ0v) is 6.90. The van der Waals surface area contributed by atoms with Crippen molar-refractivity contribution in [3.63, 3.8) is 0 Å². The molecule has 0 unspecified atom stereocenters. The van der Waals surface area contributed by atoms with Gasteiger partial charge in [0, 0.05) is 5.70 Å². The Bertz CT molecular complexity index is 290. The topological polar surface area (TPSA) is 29.3 Å². The Labute approximate surface area is 72.3 Å². The molecule has 0 saturated heterocycles. The number of anilines is 1.